The molecule has 12 heteroatoms. The number of alkyl halides is 6. The van der Waals surface area contributed by atoms with Crippen molar-refractivity contribution < 1.29 is 35.5 Å². The fourth-order valence-corrected chi connectivity index (χ4v) is 3.62. The van der Waals surface area contributed by atoms with Crippen molar-refractivity contribution >= 4 is 11.7 Å². The highest BCUT2D eigenvalue weighted by atomic mass is 19.4. The lowest BCUT2D eigenvalue weighted by molar-refractivity contribution is -0.137. The van der Waals surface area contributed by atoms with E-state index >= 15 is 0 Å². The normalized spacial score (nSPS) is 30.2. The molecule has 0 aromatic carbocycles. The molecule has 1 aliphatic heterocycles. The van der Waals surface area contributed by atoms with Crippen molar-refractivity contribution in [3.63, 3.8) is 0 Å². The summed E-state index contributed by atoms with van der Waals surface area (Å²) in [5, 5.41) is 2.32. The van der Waals surface area contributed by atoms with Crippen LogP contribution in [0.2, 0.25) is 0 Å². The first-order valence-electron chi connectivity index (χ1n) is 9.40. The fourth-order valence-electron chi connectivity index (χ4n) is 3.62. The minimum Gasteiger partial charge on any atom is -0.385 e. The van der Waals surface area contributed by atoms with Gasteiger partial charge in [0.25, 0.3) is 11.8 Å². The molecule has 3 rings (SSSR count). The Balaban J connectivity index is 1.82. The molecule has 0 fully saturated rings. The largest absolute Gasteiger partial charge is 0.417 e. The van der Waals surface area contributed by atoms with Crippen LogP contribution < -0.4 is 11.1 Å². The Morgan fingerprint density at radius 1 is 1.19 bits per heavy atom. The number of aliphatic imine (C=N–C) groups is 1. The number of nitrogens with two attached hydrogens (primary N) is 1. The molecule has 0 radical (unpaired) electrons. The van der Waals surface area contributed by atoms with Crippen LogP contribution in [0.15, 0.2) is 47.0 Å². The molecule has 0 bridgehead atoms. The third-order valence-corrected chi connectivity index (χ3v) is 5.66. The molecule has 5 nitrogen and oxygen atoms in total. The van der Waals surface area contributed by atoms with Gasteiger partial charge in [-0.2, -0.15) is 13.2 Å². The van der Waals surface area contributed by atoms with Gasteiger partial charge in [-0.05, 0) is 44.6 Å². The Bertz CT molecular complexity index is 1010. The lowest BCUT2D eigenvalue weighted by atomic mass is 9.71. The molecule has 2 heterocycles. The van der Waals surface area contributed by atoms with E-state index in [1.165, 1.54) is 0 Å². The number of hydrogen-bond donors (Lipinski definition) is 2. The van der Waals surface area contributed by atoms with Crippen molar-refractivity contribution in [3.05, 3.63) is 53.3 Å². The Morgan fingerprint density at radius 2 is 1.84 bits per heavy atom. The van der Waals surface area contributed by atoms with Crippen molar-refractivity contribution in [2.45, 2.75) is 50.0 Å². The number of amidine groups is 1. The van der Waals surface area contributed by atoms with Crippen molar-refractivity contribution in [1.82, 2.24) is 10.3 Å². The number of nitrogens with one attached hydrogen (secondary N) is 1. The summed E-state index contributed by atoms with van der Waals surface area (Å²) in [6.45, 7) is 1.81. The second kappa shape index (κ2) is 7.59. The van der Waals surface area contributed by atoms with E-state index in [-0.39, 0.29) is 11.4 Å². The molecule has 1 unspecified atom stereocenters. The van der Waals surface area contributed by atoms with Crippen LogP contribution >= 0.6 is 0 Å². The van der Waals surface area contributed by atoms with Crippen LogP contribution in [-0.2, 0) is 6.18 Å². The third kappa shape index (κ3) is 4.22. The minimum atomic E-state index is -4.64. The van der Waals surface area contributed by atoms with E-state index in [0.29, 0.717) is 12.3 Å². The lowest BCUT2D eigenvalue weighted by Crippen LogP contribution is -2.60. The first-order chi connectivity index (χ1) is 14.6. The SMILES string of the molecule is C[C@]1(F)CC(F)(F)[C@@](C)(C2CC(NC(=O)c3ccc(C(F)(F)F)cn3)=CC=C2F)N=C1N. The summed E-state index contributed by atoms with van der Waals surface area (Å²) in [6.07, 6.45) is -3.91. The van der Waals surface area contributed by atoms with Crippen LogP contribution in [0.4, 0.5) is 30.7 Å². The molecule has 3 N–H and O–H groups in total. The highest BCUT2D eigenvalue weighted by molar-refractivity contribution is 5.93. The molecule has 0 saturated heterocycles. The third-order valence-electron chi connectivity index (χ3n) is 5.66. The minimum absolute atomic E-state index is 0.00229. The van der Waals surface area contributed by atoms with Crippen molar-refractivity contribution in [2.75, 3.05) is 0 Å². The average molecular weight is 464 g/mol. The number of carbonyl (C=O) groups is 1. The molecule has 1 amide bonds. The van der Waals surface area contributed by atoms with Gasteiger partial charge in [0.15, 0.2) is 5.67 Å². The van der Waals surface area contributed by atoms with Gasteiger partial charge < -0.3 is 11.1 Å². The second-order valence-corrected chi connectivity index (χ2v) is 8.11. The van der Waals surface area contributed by atoms with Crippen LogP contribution in [0.3, 0.4) is 0 Å². The standard InChI is InChI=1S/C20H19F7N4O/c1-17(22)9-19(23,24)18(2,31-16(17)28)12-7-11(4-5-13(12)21)30-15(32)14-6-3-10(8-29-14)20(25,26)27/h3-6,8,12H,7,9H2,1-2H3,(H2,28,31)(H,30,32)/t12?,17-,18+/m0/s1. The van der Waals surface area contributed by atoms with E-state index in [1.54, 1.807) is 0 Å². The number of rotatable bonds is 3. The molecule has 1 aromatic heterocycles. The molecular formula is C20H19F7N4O. The molecule has 174 valence electrons. The fraction of sp³-hybridized carbons (Fsp3) is 0.450. The Labute approximate surface area is 178 Å². The van der Waals surface area contributed by atoms with Crippen LogP contribution in [0.5, 0.6) is 0 Å². The Morgan fingerprint density at radius 3 is 2.41 bits per heavy atom. The van der Waals surface area contributed by atoms with Crippen LogP contribution in [0.1, 0.15) is 42.7 Å². The highest BCUT2D eigenvalue weighted by Crippen LogP contribution is 2.51. The van der Waals surface area contributed by atoms with E-state index in [0.717, 1.165) is 32.1 Å². The maximum Gasteiger partial charge on any atom is 0.417 e. The van der Waals surface area contributed by atoms with E-state index in [2.05, 4.69) is 15.3 Å². The van der Waals surface area contributed by atoms with Crippen LogP contribution in [-0.4, -0.2) is 33.9 Å². The number of carbonyl (C=O) groups excluding carboxylic acids is 1. The van der Waals surface area contributed by atoms with Gasteiger partial charge in [0.1, 0.15) is 22.9 Å². The van der Waals surface area contributed by atoms with Gasteiger partial charge in [-0.1, -0.05) is 0 Å². The number of pyridine rings is 1. The van der Waals surface area contributed by atoms with Gasteiger partial charge in [0.2, 0.25) is 0 Å². The van der Waals surface area contributed by atoms with E-state index in [1.807, 2.05) is 0 Å². The molecule has 1 aromatic rings. The second-order valence-electron chi connectivity index (χ2n) is 8.11. The quantitative estimate of drug-likeness (QED) is 0.648. The number of nitrogens with zero attached hydrogens (tertiary/aromatic N) is 2. The number of allylic oxidation sites excluding steroid dienone is 3. The van der Waals surface area contributed by atoms with E-state index in [9.17, 15) is 35.5 Å². The summed E-state index contributed by atoms with van der Waals surface area (Å²) in [5.41, 5.74) is -0.898. The Hall–Kier alpha value is -2.92. The van der Waals surface area contributed by atoms with Gasteiger partial charge in [-0.3, -0.25) is 14.8 Å². The smallest absolute Gasteiger partial charge is 0.385 e. The maximum atomic E-state index is 14.9. The Kier molecular flexibility index (Phi) is 5.63. The molecule has 1 aliphatic carbocycles. The summed E-state index contributed by atoms with van der Waals surface area (Å²) in [4.78, 5) is 19.4. The zero-order valence-corrected chi connectivity index (χ0v) is 16.9. The number of aromatic nitrogens is 1. The summed E-state index contributed by atoms with van der Waals surface area (Å²) in [6, 6.07) is 1.51. The molecule has 32 heavy (non-hydrogen) atoms. The van der Waals surface area contributed by atoms with Gasteiger partial charge >= 0.3 is 6.18 Å². The van der Waals surface area contributed by atoms with Crippen molar-refractivity contribution in [1.29, 1.82) is 0 Å². The van der Waals surface area contributed by atoms with Gasteiger partial charge in [-0.25, -0.2) is 17.6 Å². The molecule has 2 aliphatic rings. The summed E-state index contributed by atoms with van der Waals surface area (Å²) >= 11 is 0. The van der Waals surface area contributed by atoms with Gasteiger partial charge in [-0.15, -0.1) is 0 Å². The lowest BCUT2D eigenvalue weighted by Gasteiger charge is -2.46. The number of hydrogen-bond acceptors (Lipinski definition) is 4. The average Bonchev–Trinajstić information content (AvgIpc) is 2.66. The zero-order chi connectivity index (χ0) is 24.1. The predicted molar refractivity (Wildman–Crippen MR) is 101 cm³/mol. The molecule has 0 spiro atoms. The first-order valence-corrected chi connectivity index (χ1v) is 9.40. The van der Waals surface area contributed by atoms with E-state index in [4.69, 9.17) is 5.73 Å². The van der Waals surface area contributed by atoms with E-state index < -0.39 is 65.2 Å². The molecule has 0 saturated carbocycles. The summed E-state index contributed by atoms with van der Waals surface area (Å²) < 4.78 is 96.5. The van der Waals surface area contributed by atoms with Crippen LogP contribution in [0, 0.1) is 5.92 Å². The van der Waals surface area contributed by atoms with Crippen molar-refractivity contribution in [2.24, 2.45) is 16.6 Å². The topological polar surface area (TPSA) is 80.4 Å². The van der Waals surface area contributed by atoms with Crippen LogP contribution in [0.25, 0.3) is 0 Å². The monoisotopic (exact) mass is 464 g/mol. The zero-order valence-electron chi connectivity index (χ0n) is 16.9. The maximum absolute atomic E-state index is 14.9. The molecule has 3 atom stereocenters. The number of halogens is 7. The summed E-state index contributed by atoms with van der Waals surface area (Å²) in [7, 11) is 0. The molecular weight excluding hydrogens is 445 g/mol. The number of amides is 1. The predicted octanol–water partition coefficient (Wildman–Crippen LogP) is 4.47. The van der Waals surface area contributed by atoms with Crippen molar-refractivity contribution in [3.8, 4) is 0 Å². The highest BCUT2D eigenvalue weighted by Gasteiger charge is 2.63. The first kappa shape index (κ1) is 23.7. The summed E-state index contributed by atoms with van der Waals surface area (Å²) in [5.74, 6) is -7.91. The van der Waals surface area contributed by atoms with Gasteiger partial charge in [0.05, 0.1) is 12.0 Å². The van der Waals surface area contributed by atoms with Gasteiger partial charge in [0, 0.05) is 17.8 Å².